The Hall–Kier alpha value is -0.900. The van der Waals surface area contributed by atoms with Gasteiger partial charge in [0.05, 0.1) is 6.54 Å². The summed E-state index contributed by atoms with van der Waals surface area (Å²) in [7, 11) is 0. The minimum Gasteiger partial charge on any atom is -0.307 e. The quantitative estimate of drug-likeness (QED) is 0.673. The zero-order valence-electron chi connectivity index (χ0n) is 11.4. The van der Waals surface area contributed by atoms with Crippen molar-refractivity contribution in [1.82, 2.24) is 20.1 Å². The van der Waals surface area contributed by atoms with Crippen molar-refractivity contribution in [2.75, 3.05) is 0 Å². The first-order valence-corrected chi connectivity index (χ1v) is 6.88. The average Bonchev–Trinajstić information content (AvgIpc) is 2.75. The van der Waals surface area contributed by atoms with Crippen LogP contribution in [0.25, 0.3) is 0 Å². The first-order valence-electron chi connectivity index (χ1n) is 6.88. The number of aromatic nitrogens is 3. The Morgan fingerprint density at radius 2 is 2.12 bits per heavy atom. The topological polar surface area (TPSA) is 42.7 Å². The number of unbranched alkanes of at least 4 members (excludes halogenated alkanes) is 2. The molecule has 0 aliphatic carbocycles. The van der Waals surface area contributed by atoms with Crippen LogP contribution in [-0.4, -0.2) is 20.8 Å². The van der Waals surface area contributed by atoms with Crippen molar-refractivity contribution >= 4 is 0 Å². The molecule has 1 unspecified atom stereocenters. The highest BCUT2D eigenvalue weighted by Crippen LogP contribution is 2.04. The molecule has 0 aliphatic rings. The SMILES string of the molecule is CCCCCC(C)NCc1ncnn1CCC. The Bertz CT molecular complexity index is 295. The zero-order chi connectivity index (χ0) is 12.5. The van der Waals surface area contributed by atoms with E-state index in [1.807, 2.05) is 4.68 Å². The predicted molar refractivity (Wildman–Crippen MR) is 70.8 cm³/mol. The van der Waals surface area contributed by atoms with E-state index >= 15 is 0 Å². The van der Waals surface area contributed by atoms with Crippen LogP contribution < -0.4 is 5.32 Å². The fraction of sp³-hybridized carbons (Fsp3) is 0.846. The Balaban J connectivity index is 2.26. The molecule has 98 valence electrons. The summed E-state index contributed by atoms with van der Waals surface area (Å²) in [6.45, 7) is 8.43. The molecular weight excluding hydrogens is 212 g/mol. The van der Waals surface area contributed by atoms with Gasteiger partial charge >= 0.3 is 0 Å². The van der Waals surface area contributed by atoms with Gasteiger partial charge in [-0.15, -0.1) is 0 Å². The molecule has 1 heterocycles. The number of hydrogen-bond donors (Lipinski definition) is 1. The minimum absolute atomic E-state index is 0.563. The van der Waals surface area contributed by atoms with E-state index in [1.54, 1.807) is 6.33 Å². The van der Waals surface area contributed by atoms with Crippen molar-refractivity contribution in [3.05, 3.63) is 12.2 Å². The van der Waals surface area contributed by atoms with Gasteiger partial charge in [-0.05, 0) is 19.8 Å². The van der Waals surface area contributed by atoms with Crippen molar-refractivity contribution in [3.8, 4) is 0 Å². The summed E-state index contributed by atoms with van der Waals surface area (Å²) in [6.07, 6.45) is 7.93. The molecular formula is C13H26N4. The van der Waals surface area contributed by atoms with Gasteiger partial charge in [-0.1, -0.05) is 33.1 Å². The van der Waals surface area contributed by atoms with E-state index < -0.39 is 0 Å². The molecule has 4 heteroatoms. The third-order valence-electron chi connectivity index (χ3n) is 2.98. The molecule has 0 aliphatic heterocycles. The van der Waals surface area contributed by atoms with E-state index in [4.69, 9.17) is 0 Å². The highest BCUT2D eigenvalue weighted by Gasteiger charge is 2.05. The lowest BCUT2D eigenvalue weighted by Gasteiger charge is -2.13. The van der Waals surface area contributed by atoms with Gasteiger partial charge < -0.3 is 5.32 Å². The zero-order valence-corrected chi connectivity index (χ0v) is 11.4. The smallest absolute Gasteiger partial charge is 0.140 e. The first-order chi connectivity index (χ1) is 8.27. The number of hydrogen-bond acceptors (Lipinski definition) is 3. The van der Waals surface area contributed by atoms with E-state index in [9.17, 15) is 0 Å². The molecule has 0 aromatic carbocycles. The first kappa shape index (κ1) is 14.2. The van der Waals surface area contributed by atoms with Crippen molar-refractivity contribution in [3.63, 3.8) is 0 Å². The van der Waals surface area contributed by atoms with Crippen molar-refractivity contribution in [2.45, 2.75) is 72.0 Å². The maximum absolute atomic E-state index is 4.29. The second kappa shape index (κ2) is 8.23. The molecule has 0 spiro atoms. The monoisotopic (exact) mass is 238 g/mol. The van der Waals surface area contributed by atoms with Crippen LogP contribution in [-0.2, 0) is 13.1 Å². The molecule has 4 nitrogen and oxygen atoms in total. The molecule has 0 saturated heterocycles. The number of nitrogens with one attached hydrogen (secondary N) is 1. The fourth-order valence-corrected chi connectivity index (χ4v) is 1.89. The fourth-order valence-electron chi connectivity index (χ4n) is 1.89. The number of aryl methyl sites for hydroxylation is 1. The number of nitrogens with zero attached hydrogens (tertiary/aromatic N) is 3. The van der Waals surface area contributed by atoms with Gasteiger partial charge in [0.25, 0.3) is 0 Å². The van der Waals surface area contributed by atoms with Crippen LogP contribution in [0.4, 0.5) is 0 Å². The molecule has 0 amide bonds. The Labute approximate surface area is 105 Å². The molecule has 1 aromatic rings. The standard InChI is InChI=1S/C13H26N4/c1-4-6-7-8-12(3)14-10-13-15-11-16-17(13)9-5-2/h11-12,14H,4-10H2,1-3H3. The predicted octanol–water partition coefficient (Wildman–Crippen LogP) is 2.75. The summed E-state index contributed by atoms with van der Waals surface area (Å²) in [6, 6.07) is 0.563. The summed E-state index contributed by atoms with van der Waals surface area (Å²) >= 11 is 0. The van der Waals surface area contributed by atoms with Gasteiger partial charge in [0.1, 0.15) is 12.2 Å². The van der Waals surface area contributed by atoms with E-state index in [2.05, 4.69) is 36.2 Å². The molecule has 17 heavy (non-hydrogen) atoms. The molecule has 0 saturated carbocycles. The highest BCUT2D eigenvalue weighted by molar-refractivity contribution is 4.84. The lowest BCUT2D eigenvalue weighted by molar-refractivity contribution is 0.463. The third-order valence-corrected chi connectivity index (χ3v) is 2.98. The molecule has 0 fully saturated rings. The van der Waals surface area contributed by atoms with E-state index in [0.717, 1.165) is 25.3 Å². The number of rotatable bonds is 9. The Morgan fingerprint density at radius 3 is 2.82 bits per heavy atom. The Kier molecular flexibility index (Phi) is 6.86. The lowest BCUT2D eigenvalue weighted by Crippen LogP contribution is -2.27. The second-order valence-corrected chi connectivity index (χ2v) is 4.68. The molecule has 1 N–H and O–H groups in total. The molecule has 1 rings (SSSR count). The third kappa shape index (κ3) is 5.31. The Morgan fingerprint density at radius 1 is 1.29 bits per heavy atom. The van der Waals surface area contributed by atoms with E-state index in [1.165, 1.54) is 25.7 Å². The van der Waals surface area contributed by atoms with Gasteiger partial charge in [0.15, 0.2) is 0 Å². The van der Waals surface area contributed by atoms with Gasteiger partial charge in [-0.3, -0.25) is 0 Å². The maximum Gasteiger partial charge on any atom is 0.140 e. The lowest BCUT2D eigenvalue weighted by atomic mass is 10.1. The van der Waals surface area contributed by atoms with Crippen LogP contribution in [0.15, 0.2) is 6.33 Å². The van der Waals surface area contributed by atoms with Crippen molar-refractivity contribution in [1.29, 1.82) is 0 Å². The highest BCUT2D eigenvalue weighted by atomic mass is 15.3. The van der Waals surface area contributed by atoms with Gasteiger partial charge in [-0.2, -0.15) is 5.10 Å². The van der Waals surface area contributed by atoms with Crippen LogP contribution >= 0.6 is 0 Å². The van der Waals surface area contributed by atoms with Crippen LogP contribution in [0, 0.1) is 0 Å². The summed E-state index contributed by atoms with van der Waals surface area (Å²) < 4.78 is 1.99. The van der Waals surface area contributed by atoms with E-state index in [-0.39, 0.29) is 0 Å². The summed E-state index contributed by atoms with van der Waals surface area (Å²) in [5.74, 6) is 1.05. The minimum atomic E-state index is 0.563. The van der Waals surface area contributed by atoms with Crippen LogP contribution in [0.1, 0.15) is 58.7 Å². The second-order valence-electron chi connectivity index (χ2n) is 4.68. The average molecular weight is 238 g/mol. The van der Waals surface area contributed by atoms with Crippen molar-refractivity contribution < 1.29 is 0 Å². The molecule has 1 atom stereocenters. The van der Waals surface area contributed by atoms with Gasteiger partial charge in [0, 0.05) is 12.6 Å². The summed E-state index contributed by atoms with van der Waals surface area (Å²) in [4.78, 5) is 4.29. The van der Waals surface area contributed by atoms with Gasteiger partial charge in [-0.25, -0.2) is 9.67 Å². The normalized spacial score (nSPS) is 12.9. The van der Waals surface area contributed by atoms with Crippen LogP contribution in [0.3, 0.4) is 0 Å². The summed E-state index contributed by atoms with van der Waals surface area (Å²) in [5.41, 5.74) is 0. The molecule has 0 radical (unpaired) electrons. The summed E-state index contributed by atoms with van der Waals surface area (Å²) in [5, 5.41) is 7.74. The largest absolute Gasteiger partial charge is 0.307 e. The molecule has 1 aromatic heterocycles. The molecule has 0 bridgehead atoms. The van der Waals surface area contributed by atoms with E-state index in [0.29, 0.717) is 6.04 Å². The van der Waals surface area contributed by atoms with Gasteiger partial charge in [0.2, 0.25) is 0 Å². The van der Waals surface area contributed by atoms with Crippen molar-refractivity contribution in [2.24, 2.45) is 0 Å². The van der Waals surface area contributed by atoms with Crippen LogP contribution in [0.5, 0.6) is 0 Å². The van der Waals surface area contributed by atoms with Crippen LogP contribution in [0.2, 0.25) is 0 Å². The maximum atomic E-state index is 4.29.